The van der Waals surface area contributed by atoms with Crippen LogP contribution in [0.5, 0.6) is 0 Å². The first kappa shape index (κ1) is 9.74. The van der Waals surface area contributed by atoms with E-state index in [1.54, 1.807) is 16.7 Å². The fourth-order valence-electron chi connectivity index (χ4n) is 1.38. The molecule has 0 N–H and O–H groups in total. The smallest absolute Gasteiger partial charge is 0.210 e. The highest BCUT2D eigenvalue weighted by Crippen LogP contribution is 2.21. The lowest BCUT2D eigenvalue weighted by Crippen LogP contribution is -1.99. The maximum Gasteiger partial charge on any atom is 0.210 e. The highest BCUT2D eigenvalue weighted by molar-refractivity contribution is 6.32. The number of hydrogen-bond acceptors (Lipinski definition) is 2. The molecular formula is C9H9Cl2N3. The molecule has 0 aliphatic heterocycles. The first-order chi connectivity index (χ1) is 6.59. The Balaban J connectivity index is 2.79. The number of fused-ring (bicyclic) bond motifs is 1. The standard InChI is InChI=1S/C9H9Cl2N3/c1-5(2)8-12-4-6-3-7(10)13-9(11)14(6)8/h3-5H,1-2H3. The number of nitrogens with zero attached hydrogens (tertiary/aromatic N) is 3. The molecule has 0 aliphatic rings. The van der Waals surface area contributed by atoms with Crippen molar-refractivity contribution in [3.8, 4) is 0 Å². The third-order valence-corrected chi connectivity index (χ3v) is 2.43. The minimum atomic E-state index is 0.304. The fraction of sp³-hybridized carbons (Fsp3) is 0.333. The molecule has 74 valence electrons. The van der Waals surface area contributed by atoms with E-state index in [1.807, 2.05) is 0 Å². The van der Waals surface area contributed by atoms with Crippen molar-refractivity contribution < 1.29 is 0 Å². The fourth-order valence-corrected chi connectivity index (χ4v) is 1.89. The minimum absolute atomic E-state index is 0.304. The van der Waals surface area contributed by atoms with Gasteiger partial charge in [-0.15, -0.1) is 0 Å². The molecule has 0 saturated carbocycles. The van der Waals surface area contributed by atoms with Crippen molar-refractivity contribution in [2.24, 2.45) is 0 Å². The molecule has 0 atom stereocenters. The van der Waals surface area contributed by atoms with Crippen LogP contribution in [-0.4, -0.2) is 14.4 Å². The Kier molecular flexibility index (Phi) is 2.37. The van der Waals surface area contributed by atoms with E-state index in [0.29, 0.717) is 16.4 Å². The zero-order chi connectivity index (χ0) is 10.3. The summed E-state index contributed by atoms with van der Waals surface area (Å²) in [7, 11) is 0. The Labute approximate surface area is 91.7 Å². The van der Waals surface area contributed by atoms with Crippen LogP contribution in [-0.2, 0) is 0 Å². The number of rotatable bonds is 1. The zero-order valence-electron chi connectivity index (χ0n) is 7.83. The van der Waals surface area contributed by atoms with Crippen molar-refractivity contribution >= 4 is 28.7 Å². The second-order valence-corrected chi connectivity index (χ2v) is 4.10. The molecule has 0 radical (unpaired) electrons. The van der Waals surface area contributed by atoms with E-state index in [0.717, 1.165) is 11.3 Å². The van der Waals surface area contributed by atoms with E-state index in [1.165, 1.54) is 0 Å². The van der Waals surface area contributed by atoms with Crippen LogP contribution in [0, 0.1) is 0 Å². The largest absolute Gasteiger partial charge is 0.271 e. The molecule has 14 heavy (non-hydrogen) atoms. The number of hydrogen-bond donors (Lipinski definition) is 0. The van der Waals surface area contributed by atoms with Gasteiger partial charge in [0.2, 0.25) is 5.28 Å². The van der Waals surface area contributed by atoms with Gasteiger partial charge in [-0.2, -0.15) is 0 Å². The van der Waals surface area contributed by atoms with Crippen molar-refractivity contribution in [2.45, 2.75) is 19.8 Å². The summed E-state index contributed by atoms with van der Waals surface area (Å²) in [6.07, 6.45) is 1.74. The molecule has 0 amide bonds. The van der Waals surface area contributed by atoms with Crippen molar-refractivity contribution in [1.29, 1.82) is 0 Å². The Morgan fingerprint density at radius 3 is 2.71 bits per heavy atom. The summed E-state index contributed by atoms with van der Waals surface area (Å²) in [5.41, 5.74) is 0.874. The molecule has 2 rings (SSSR count). The number of aromatic nitrogens is 3. The molecular weight excluding hydrogens is 221 g/mol. The zero-order valence-corrected chi connectivity index (χ0v) is 9.34. The van der Waals surface area contributed by atoms with Crippen LogP contribution >= 0.6 is 23.2 Å². The lowest BCUT2D eigenvalue weighted by molar-refractivity contribution is 0.765. The van der Waals surface area contributed by atoms with E-state index >= 15 is 0 Å². The van der Waals surface area contributed by atoms with Crippen LogP contribution in [0.2, 0.25) is 10.4 Å². The van der Waals surface area contributed by atoms with Crippen LogP contribution in [0.1, 0.15) is 25.6 Å². The molecule has 2 heterocycles. The summed E-state index contributed by atoms with van der Waals surface area (Å²) in [6.45, 7) is 4.11. The van der Waals surface area contributed by atoms with Gasteiger partial charge in [-0.1, -0.05) is 25.4 Å². The van der Waals surface area contributed by atoms with Crippen LogP contribution in [0.25, 0.3) is 5.52 Å². The second-order valence-electron chi connectivity index (χ2n) is 3.38. The first-order valence-corrected chi connectivity index (χ1v) is 5.04. The summed E-state index contributed by atoms with van der Waals surface area (Å²) in [5.74, 6) is 1.20. The highest BCUT2D eigenvalue weighted by Gasteiger charge is 2.11. The Morgan fingerprint density at radius 1 is 1.36 bits per heavy atom. The van der Waals surface area contributed by atoms with E-state index in [9.17, 15) is 0 Å². The molecule has 2 aromatic rings. The maximum atomic E-state index is 5.98. The van der Waals surface area contributed by atoms with Gasteiger partial charge in [0.25, 0.3) is 0 Å². The van der Waals surface area contributed by atoms with E-state index < -0.39 is 0 Å². The van der Waals surface area contributed by atoms with Gasteiger partial charge in [0.1, 0.15) is 11.0 Å². The lowest BCUT2D eigenvalue weighted by atomic mass is 10.2. The summed E-state index contributed by atoms with van der Waals surface area (Å²) in [4.78, 5) is 8.25. The molecule has 0 aromatic carbocycles. The van der Waals surface area contributed by atoms with Crippen molar-refractivity contribution in [3.05, 3.63) is 28.5 Å². The summed E-state index contributed by atoms with van der Waals surface area (Å²) in [5, 5.41) is 0.742. The molecule has 0 spiro atoms. The van der Waals surface area contributed by atoms with Gasteiger partial charge in [-0.05, 0) is 11.6 Å². The van der Waals surface area contributed by atoms with Crippen molar-refractivity contribution in [3.63, 3.8) is 0 Å². The van der Waals surface area contributed by atoms with E-state index in [2.05, 4.69) is 23.8 Å². The third kappa shape index (κ3) is 1.47. The molecule has 0 bridgehead atoms. The average Bonchev–Trinajstić information content (AvgIpc) is 2.47. The molecule has 5 heteroatoms. The molecule has 3 nitrogen and oxygen atoms in total. The SMILES string of the molecule is CC(C)c1ncc2cc(Cl)nc(Cl)n12. The summed E-state index contributed by atoms with van der Waals surface area (Å²) in [6, 6.07) is 1.74. The third-order valence-electron chi connectivity index (χ3n) is 1.98. The quantitative estimate of drug-likeness (QED) is 0.556. The molecule has 0 saturated heterocycles. The van der Waals surface area contributed by atoms with Gasteiger partial charge in [-0.25, -0.2) is 9.97 Å². The van der Waals surface area contributed by atoms with Gasteiger partial charge in [0.15, 0.2) is 0 Å². The van der Waals surface area contributed by atoms with Crippen LogP contribution in [0.15, 0.2) is 12.3 Å². The molecule has 0 fully saturated rings. The normalized spacial score (nSPS) is 11.5. The molecule has 0 aliphatic carbocycles. The predicted octanol–water partition coefficient (Wildman–Crippen LogP) is 3.16. The van der Waals surface area contributed by atoms with Gasteiger partial charge in [0.05, 0.1) is 11.7 Å². The van der Waals surface area contributed by atoms with Gasteiger partial charge in [0, 0.05) is 12.0 Å². The molecule has 0 unspecified atom stereocenters. The minimum Gasteiger partial charge on any atom is -0.271 e. The Hall–Kier alpha value is -0.800. The Bertz CT molecular complexity index is 476. The van der Waals surface area contributed by atoms with Crippen molar-refractivity contribution in [1.82, 2.24) is 14.4 Å². The van der Waals surface area contributed by atoms with Crippen LogP contribution < -0.4 is 0 Å². The van der Waals surface area contributed by atoms with Gasteiger partial charge < -0.3 is 0 Å². The van der Waals surface area contributed by atoms with Crippen LogP contribution in [0.3, 0.4) is 0 Å². The van der Waals surface area contributed by atoms with Gasteiger partial charge >= 0.3 is 0 Å². The topological polar surface area (TPSA) is 30.2 Å². The van der Waals surface area contributed by atoms with E-state index in [4.69, 9.17) is 23.2 Å². The van der Waals surface area contributed by atoms with Crippen LogP contribution in [0.4, 0.5) is 0 Å². The second kappa shape index (κ2) is 3.41. The predicted molar refractivity (Wildman–Crippen MR) is 57.1 cm³/mol. The maximum absolute atomic E-state index is 5.98. The lowest BCUT2D eigenvalue weighted by Gasteiger charge is -2.05. The highest BCUT2D eigenvalue weighted by atomic mass is 35.5. The average molecular weight is 230 g/mol. The monoisotopic (exact) mass is 229 g/mol. The first-order valence-electron chi connectivity index (χ1n) is 4.29. The number of halogens is 2. The van der Waals surface area contributed by atoms with Gasteiger partial charge in [-0.3, -0.25) is 4.40 Å². The van der Waals surface area contributed by atoms with Crippen molar-refractivity contribution in [2.75, 3.05) is 0 Å². The Morgan fingerprint density at radius 2 is 2.07 bits per heavy atom. The molecule has 2 aromatic heterocycles. The van der Waals surface area contributed by atoms with E-state index in [-0.39, 0.29) is 0 Å². The summed E-state index contributed by atoms with van der Waals surface area (Å²) >= 11 is 11.8. The number of imidazole rings is 1. The summed E-state index contributed by atoms with van der Waals surface area (Å²) < 4.78 is 1.80.